The molecule has 0 unspecified atom stereocenters. The first-order chi connectivity index (χ1) is 16.3. The summed E-state index contributed by atoms with van der Waals surface area (Å²) in [6.45, 7) is 1.94. The van der Waals surface area contributed by atoms with Crippen LogP contribution in [0.1, 0.15) is 22.7 Å². The van der Waals surface area contributed by atoms with Gasteiger partial charge in [0.2, 0.25) is 9.84 Å². The molecule has 1 aliphatic heterocycles. The number of methoxy groups -OCH3 is 2. The molecule has 3 aromatic carbocycles. The fraction of sp³-hybridized carbons (Fsp3) is 0.192. The van der Waals surface area contributed by atoms with E-state index < -0.39 is 27.5 Å². The standard InChI is InChI=1S/C26H25NO6S/c1-17-4-14-22(15-5-17)34(30,31)25-23(19-8-12-21(33-3)13-9-19)27(26(29)24(25)28)16-18-6-10-20(32-2)11-7-18/h4-15,23,28H,16H2,1-3H3/t23-/m0/s1. The Bertz CT molecular complexity index is 1330. The van der Waals surface area contributed by atoms with E-state index in [1.54, 1.807) is 67.8 Å². The molecule has 1 atom stereocenters. The number of benzene rings is 3. The molecule has 0 aromatic heterocycles. The number of amides is 1. The van der Waals surface area contributed by atoms with E-state index >= 15 is 0 Å². The van der Waals surface area contributed by atoms with Crippen LogP contribution in [0.4, 0.5) is 0 Å². The molecule has 0 fully saturated rings. The molecular weight excluding hydrogens is 454 g/mol. The number of hydrogen-bond donors (Lipinski definition) is 1. The number of nitrogens with zero attached hydrogens (tertiary/aromatic N) is 1. The molecule has 1 heterocycles. The highest BCUT2D eigenvalue weighted by atomic mass is 32.2. The van der Waals surface area contributed by atoms with Gasteiger partial charge in [-0.1, -0.05) is 42.0 Å². The van der Waals surface area contributed by atoms with E-state index in [9.17, 15) is 18.3 Å². The van der Waals surface area contributed by atoms with Crippen molar-refractivity contribution in [3.63, 3.8) is 0 Å². The maximum atomic E-state index is 13.7. The number of carbonyl (C=O) groups is 1. The van der Waals surface area contributed by atoms with Crippen LogP contribution >= 0.6 is 0 Å². The maximum absolute atomic E-state index is 13.7. The van der Waals surface area contributed by atoms with Gasteiger partial charge in [-0.05, 0) is 54.4 Å². The van der Waals surface area contributed by atoms with Crippen LogP contribution in [0.2, 0.25) is 0 Å². The normalized spacial score (nSPS) is 16.1. The van der Waals surface area contributed by atoms with Crippen LogP contribution in [0.25, 0.3) is 0 Å². The smallest absolute Gasteiger partial charge is 0.290 e. The number of aliphatic hydroxyl groups excluding tert-OH is 1. The van der Waals surface area contributed by atoms with E-state index in [4.69, 9.17) is 9.47 Å². The van der Waals surface area contributed by atoms with Gasteiger partial charge in [-0.2, -0.15) is 0 Å². The summed E-state index contributed by atoms with van der Waals surface area (Å²) in [7, 11) is -1.08. The highest BCUT2D eigenvalue weighted by molar-refractivity contribution is 7.95. The molecule has 0 radical (unpaired) electrons. The Morgan fingerprint density at radius 3 is 1.91 bits per heavy atom. The van der Waals surface area contributed by atoms with Crippen LogP contribution in [0.15, 0.2) is 88.4 Å². The molecule has 0 aliphatic carbocycles. The second kappa shape index (κ2) is 9.23. The first-order valence-electron chi connectivity index (χ1n) is 10.6. The summed E-state index contributed by atoms with van der Waals surface area (Å²) in [4.78, 5) is 14.2. The summed E-state index contributed by atoms with van der Waals surface area (Å²) in [5.74, 6) is -0.269. The van der Waals surface area contributed by atoms with Crippen molar-refractivity contribution in [2.24, 2.45) is 0 Å². The van der Waals surface area contributed by atoms with E-state index in [-0.39, 0.29) is 16.3 Å². The summed E-state index contributed by atoms with van der Waals surface area (Å²) >= 11 is 0. The summed E-state index contributed by atoms with van der Waals surface area (Å²) < 4.78 is 37.7. The lowest BCUT2D eigenvalue weighted by Gasteiger charge is -2.27. The quantitative estimate of drug-likeness (QED) is 0.542. The second-order valence-electron chi connectivity index (χ2n) is 7.99. The van der Waals surface area contributed by atoms with E-state index in [2.05, 4.69) is 0 Å². The first-order valence-corrected chi connectivity index (χ1v) is 12.1. The van der Waals surface area contributed by atoms with Crippen LogP contribution in [0, 0.1) is 6.92 Å². The van der Waals surface area contributed by atoms with E-state index in [1.807, 2.05) is 6.92 Å². The van der Waals surface area contributed by atoms with Crippen LogP contribution in [-0.2, 0) is 21.2 Å². The maximum Gasteiger partial charge on any atom is 0.290 e. The molecule has 7 nitrogen and oxygen atoms in total. The van der Waals surface area contributed by atoms with Crippen LogP contribution < -0.4 is 9.47 Å². The van der Waals surface area contributed by atoms with Crippen molar-refractivity contribution in [3.8, 4) is 11.5 Å². The van der Waals surface area contributed by atoms with Crippen molar-refractivity contribution in [1.82, 2.24) is 4.90 Å². The van der Waals surface area contributed by atoms with Crippen LogP contribution in [0.5, 0.6) is 11.5 Å². The number of ether oxygens (including phenoxy) is 2. The molecule has 1 aliphatic rings. The minimum absolute atomic E-state index is 0.0114. The van der Waals surface area contributed by atoms with Crippen molar-refractivity contribution < 1.29 is 27.8 Å². The molecule has 0 spiro atoms. The number of sulfone groups is 1. The summed E-state index contributed by atoms with van der Waals surface area (Å²) in [6.07, 6.45) is 0. The minimum atomic E-state index is -4.17. The van der Waals surface area contributed by atoms with Gasteiger partial charge in [0.1, 0.15) is 16.4 Å². The molecule has 4 rings (SSSR count). The second-order valence-corrected chi connectivity index (χ2v) is 9.90. The van der Waals surface area contributed by atoms with Gasteiger partial charge in [0, 0.05) is 6.54 Å². The Labute approximate surface area is 198 Å². The number of carbonyl (C=O) groups excluding carboxylic acids is 1. The Kier molecular flexibility index (Phi) is 6.34. The Balaban J connectivity index is 1.82. The van der Waals surface area contributed by atoms with E-state index in [1.165, 1.54) is 24.1 Å². The van der Waals surface area contributed by atoms with Crippen molar-refractivity contribution in [3.05, 3.63) is 100 Å². The third kappa shape index (κ3) is 4.24. The Morgan fingerprint density at radius 2 is 1.38 bits per heavy atom. The van der Waals surface area contributed by atoms with Gasteiger partial charge in [-0.3, -0.25) is 4.79 Å². The molecular formula is C26H25NO6S. The predicted molar refractivity (Wildman–Crippen MR) is 127 cm³/mol. The van der Waals surface area contributed by atoms with Crippen molar-refractivity contribution in [2.75, 3.05) is 14.2 Å². The topological polar surface area (TPSA) is 93.1 Å². The molecule has 3 aromatic rings. The SMILES string of the molecule is COc1ccc(CN2C(=O)C(O)=C(S(=O)(=O)c3ccc(C)cc3)[C@@H]2c2ccc(OC)cc2)cc1. The predicted octanol–water partition coefficient (Wildman–Crippen LogP) is 4.34. The zero-order chi connectivity index (χ0) is 24.5. The monoisotopic (exact) mass is 479 g/mol. The van der Waals surface area contributed by atoms with Gasteiger partial charge < -0.3 is 19.5 Å². The van der Waals surface area contributed by atoms with Gasteiger partial charge in [0.05, 0.1) is 25.2 Å². The molecule has 0 saturated heterocycles. The molecule has 1 N–H and O–H groups in total. The number of aliphatic hydroxyl groups is 1. The number of rotatable bonds is 7. The summed E-state index contributed by atoms with van der Waals surface area (Å²) in [5, 5.41) is 10.8. The minimum Gasteiger partial charge on any atom is -0.502 e. The molecule has 1 amide bonds. The first kappa shape index (κ1) is 23.4. The van der Waals surface area contributed by atoms with Crippen molar-refractivity contribution >= 4 is 15.7 Å². The van der Waals surface area contributed by atoms with E-state index in [0.29, 0.717) is 17.1 Å². The van der Waals surface area contributed by atoms with Gasteiger partial charge in [0.25, 0.3) is 5.91 Å². The van der Waals surface area contributed by atoms with Crippen LogP contribution in [-0.4, -0.2) is 38.6 Å². The molecule has 34 heavy (non-hydrogen) atoms. The van der Waals surface area contributed by atoms with Crippen molar-refractivity contribution in [2.45, 2.75) is 24.4 Å². The van der Waals surface area contributed by atoms with Crippen molar-refractivity contribution in [1.29, 1.82) is 0 Å². The lowest BCUT2D eigenvalue weighted by Crippen LogP contribution is -2.30. The Morgan fingerprint density at radius 1 is 0.853 bits per heavy atom. The third-order valence-electron chi connectivity index (χ3n) is 5.82. The number of hydrogen-bond acceptors (Lipinski definition) is 6. The summed E-state index contributed by atoms with van der Waals surface area (Å²) in [5.41, 5.74) is 2.19. The van der Waals surface area contributed by atoms with Gasteiger partial charge in [-0.15, -0.1) is 0 Å². The van der Waals surface area contributed by atoms with Gasteiger partial charge >= 0.3 is 0 Å². The molecule has 0 saturated carbocycles. The average Bonchev–Trinajstić information content (AvgIpc) is 3.10. The zero-order valence-electron chi connectivity index (χ0n) is 19.1. The Hall–Kier alpha value is -3.78. The fourth-order valence-corrected chi connectivity index (χ4v) is 5.60. The van der Waals surface area contributed by atoms with Gasteiger partial charge in [0.15, 0.2) is 5.76 Å². The molecule has 176 valence electrons. The van der Waals surface area contributed by atoms with E-state index in [0.717, 1.165) is 11.1 Å². The van der Waals surface area contributed by atoms with Gasteiger partial charge in [-0.25, -0.2) is 8.42 Å². The largest absolute Gasteiger partial charge is 0.502 e. The lowest BCUT2D eigenvalue weighted by atomic mass is 10.1. The molecule has 8 heteroatoms. The molecule has 0 bridgehead atoms. The zero-order valence-corrected chi connectivity index (χ0v) is 19.9. The highest BCUT2D eigenvalue weighted by Gasteiger charge is 2.46. The average molecular weight is 480 g/mol. The fourth-order valence-electron chi connectivity index (χ4n) is 3.96. The highest BCUT2D eigenvalue weighted by Crippen LogP contribution is 2.43. The lowest BCUT2D eigenvalue weighted by molar-refractivity contribution is -0.130. The third-order valence-corrected chi connectivity index (χ3v) is 7.71. The number of aryl methyl sites for hydroxylation is 1. The van der Waals surface area contributed by atoms with Crippen LogP contribution in [0.3, 0.4) is 0 Å². The summed E-state index contributed by atoms with van der Waals surface area (Å²) in [6, 6.07) is 19.2.